The van der Waals surface area contributed by atoms with Crippen LogP contribution in [0.15, 0.2) is 30.3 Å². The molecular weight excluding hydrogens is 295 g/mol. The lowest BCUT2D eigenvalue weighted by atomic mass is 10.1. The largest absolute Gasteiger partial charge is 0.107 e. The van der Waals surface area contributed by atoms with Gasteiger partial charge in [-0.3, -0.25) is 0 Å². The molecule has 1 aromatic carbocycles. The number of rotatable bonds is 7. The lowest BCUT2D eigenvalue weighted by Crippen LogP contribution is -1.85. The molecule has 0 aliphatic carbocycles. The van der Waals surface area contributed by atoms with Crippen molar-refractivity contribution >= 4 is 24.0 Å². The molecule has 0 N–H and O–H groups in total. The summed E-state index contributed by atoms with van der Waals surface area (Å²) in [5.74, 6) is 0. The van der Waals surface area contributed by atoms with Crippen molar-refractivity contribution in [3.8, 4) is 0 Å². The fourth-order valence-electron chi connectivity index (χ4n) is 1.75. The summed E-state index contributed by atoms with van der Waals surface area (Å²) in [4.78, 5) is 0. The monoisotopic (exact) mass is 318 g/mol. The molecule has 0 saturated carbocycles. The molecule has 1 aromatic rings. The Bertz CT molecular complexity index is 218. The van der Waals surface area contributed by atoms with E-state index in [9.17, 15) is 0 Å². The van der Waals surface area contributed by atoms with Crippen molar-refractivity contribution in [2.24, 2.45) is 0 Å². The SMILES string of the molecule is CCCCCCCCc1ccccc1.I. The molecule has 15 heavy (non-hydrogen) atoms. The van der Waals surface area contributed by atoms with Crippen LogP contribution in [0.4, 0.5) is 0 Å². The van der Waals surface area contributed by atoms with Crippen molar-refractivity contribution in [3.63, 3.8) is 0 Å². The van der Waals surface area contributed by atoms with Gasteiger partial charge in [0.1, 0.15) is 0 Å². The number of unbranched alkanes of at least 4 members (excludes halogenated alkanes) is 5. The Kier molecular flexibility index (Phi) is 10.4. The second-order valence-corrected chi connectivity index (χ2v) is 4.00. The zero-order valence-electron chi connectivity index (χ0n) is 9.74. The summed E-state index contributed by atoms with van der Waals surface area (Å²) in [5, 5.41) is 0. The predicted molar refractivity (Wildman–Crippen MR) is 78.9 cm³/mol. The van der Waals surface area contributed by atoms with Crippen LogP contribution in [0, 0.1) is 0 Å². The first-order valence-corrected chi connectivity index (χ1v) is 5.97. The Hall–Kier alpha value is -0.0500. The maximum atomic E-state index is 2.27. The number of hydrogen-bond donors (Lipinski definition) is 0. The third-order valence-electron chi connectivity index (χ3n) is 2.66. The van der Waals surface area contributed by atoms with Gasteiger partial charge in [-0.15, -0.1) is 24.0 Å². The summed E-state index contributed by atoms with van der Waals surface area (Å²) in [7, 11) is 0. The average molecular weight is 318 g/mol. The molecule has 0 aliphatic rings. The second kappa shape index (κ2) is 10.5. The minimum absolute atomic E-state index is 0. The molecule has 0 unspecified atom stereocenters. The van der Waals surface area contributed by atoms with Crippen molar-refractivity contribution in [3.05, 3.63) is 35.9 Å². The maximum Gasteiger partial charge on any atom is -0.0279 e. The quantitative estimate of drug-likeness (QED) is 0.478. The van der Waals surface area contributed by atoms with E-state index in [1.807, 2.05) is 0 Å². The molecule has 0 bridgehead atoms. The van der Waals surface area contributed by atoms with Crippen molar-refractivity contribution in [1.29, 1.82) is 0 Å². The van der Waals surface area contributed by atoms with E-state index in [0.717, 1.165) is 0 Å². The van der Waals surface area contributed by atoms with Gasteiger partial charge >= 0.3 is 0 Å². The molecule has 0 saturated heterocycles. The van der Waals surface area contributed by atoms with Gasteiger partial charge in [-0.1, -0.05) is 69.4 Å². The molecule has 0 heterocycles. The van der Waals surface area contributed by atoms with Gasteiger partial charge < -0.3 is 0 Å². The van der Waals surface area contributed by atoms with Gasteiger partial charge in [0.05, 0.1) is 0 Å². The molecule has 86 valence electrons. The van der Waals surface area contributed by atoms with Crippen LogP contribution in [0.25, 0.3) is 0 Å². The highest BCUT2D eigenvalue weighted by atomic mass is 127. The van der Waals surface area contributed by atoms with Crippen LogP contribution in [0.1, 0.15) is 51.0 Å². The van der Waals surface area contributed by atoms with Crippen LogP contribution < -0.4 is 0 Å². The van der Waals surface area contributed by atoms with Crippen LogP contribution in [-0.2, 0) is 6.42 Å². The van der Waals surface area contributed by atoms with Crippen molar-refractivity contribution in [2.75, 3.05) is 0 Å². The number of benzene rings is 1. The summed E-state index contributed by atoms with van der Waals surface area (Å²) in [6, 6.07) is 10.8. The van der Waals surface area contributed by atoms with E-state index in [2.05, 4.69) is 37.3 Å². The summed E-state index contributed by atoms with van der Waals surface area (Å²) < 4.78 is 0. The number of hydrogen-bond acceptors (Lipinski definition) is 0. The van der Waals surface area contributed by atoms with E-state index in [0.29, 0.717) is 0 Å². The van der Waals surface area contributed by atoms with Crippen LogP contribution in [0.2, 0.25) is 0 Å². The second-order valence-electron chi connectivity index (χ2n) is 4.00. The first-order chi connectivity index (χ1) is 6.93. The fraction of sp³-hybridized carbons (Fsp3) is 0.571. The third-order valence-corrected chi connectivity index (χ3v) is 2.66. The smallest absolute Gasteiger partial charge is 0.0279 e. The van der Waals surface area contributed by atoms with E-state index in [1.54, 1.807) is 0 Å². The molecule has 0 aliphatic heterocycles. The highest BCUT2D eigenvalue weighted by molar-refractivity contribution is 14.0. The van der Waals surface area contributed by atoms with Gasteiger partial charge in [0.25, 0.3) is 0 Å². The van der Waals surface area contributed by atoms with Gasteiger partial charge in [-0.25, -0.2) is 0 Å². The van der Waals surface area contributed by atoms with Crippen molar-refractivity contribution in [2.45, 2.75) is 51.9 Å². The number of aryl methyl sites for hydroxylation is 1. The Balaban J connectivity index is 0.00000196. The van der Waals surface area contributed by atoms with E-state index in [4.69, 9.17) is 0 Å². The van der Waals surface area contributed by atoms with Crippen LogP contribution in [0.5, 0.6) is 0 Å². The topological polar surface area (TPSA) is 0 Å². The molecule has 0 fully saturated rings. The van der Waals surface area contributed by atoms with Crippen LogP contribution in [-0.4, -0.2) is 0 Å². The van der Waals surface area contributed by atoms with E-state index in [-0.39, 0.29) is 24.0 Å². The highest BCUT2D eigenvalue weighted by Gasteiger charge is 1.92. The zero-order chi connectivity index (χ0) is 10.1. The summed E-state index contributed by atoms with van der Waals surface area (Å²) in [5.41, 5.74) is 1.49. The molecule has 0 radical (unpaired) electrons. The Morgan fingerprint density at radius 3 is 2.07 bits per heavy atom. The Labute approximate surface area is 111 Å². The third kappa shape index (κ3) is 7.83. The highest BCUT2D eigenvalue weighted by Crippen LogP contribution is 2.09. The Morgan fingerprint density at radius 2 is 1.40 bits per heavy atom. The summed E-state index contributed by atoms with van der Waals surface area (Å²) in [6.07, 6.45) is 9.60. The first-order valence-electron chi connectivity index (χ1n) is 5.97. The van der Waals surface area contributed by atoms with Gasteiger partial charge in [-0.2, -0.15) is 0 Å². The molecular formula is C14H23I. The van der Waals surface area contributed by atoms with Crippen LogP contribution >= 0.6 is 24.0 Å². The summed E-state index contributed by atoms with van der Waals surface area (Å²) in [6.45, 7) is 2.27. The lowest BCUT2D eigenvalue weighted by Gasteiger charge is -2.01. The van der Waals surface area contributed by atoms with Gasteiger partial charge in [0.2, 0.25) is 0 Å². The number of halogens is 1. The van der Waals surface area contributed by atoms with Crippen LogP contribution in [0.3, 0.4) is 0 Å². The predicted octanol–water partition coefficient (Wildman–Crippen LogP) is 5.21. The van der Waals surface area contributed by atoms with E-state index < -0.39 is 0 Å². The van der Waals surface area contributed by atoms with Gasteiger partial charge in [0.15, 0.2) is 0 Å². The molecule has 1 heteroatoms. The molecule has 0 spiro atoms. The first kappa shape index (κ1) is 14.9. The molecule has 0 aromatic heterocycles. The van der Waals surface area contributed by atoms with Gasteiger partial charge in [-0.05, 0) is 18.4 Å². The van der Waals surface area contributed by atoms with E-state index >= 15 is 0 Å². The molecule has 0 amide bonds. The minimum Gasteiger partial charge on any atom is -0.107 e. The van der Waals surface area contributed by atoms with Crippen molar-refractivity contribution in [1.82, 2.24) is 0 Å². The minimum atomic E-state index is 0. The lowest BCUT2D eigenvalue weighted by molar-refractivity contribution is 0.607. The summed E-state index contributed by atoms with van der Waals surface area (Å²) >= 11 is 0. The van der Waals surface area contributed by atoms with Gasteiger partial charge in [0, 0.05) is 0 Å². The molecule has 0 nitrogen and oxygen atoms in total. The standard InChI is InChI=1S/C14H22.HI/c1-2-3-4-5-6-8-11-14-12-9-7-10-13-14;/h7,9-10,12-13H,2-6,8,11H2,1H3;1H. The Morgan fingerprint density at radius 1 is 0.800 bits per heavy atom. The van der Waals surface area contributed by atoms with E-state index in [1.165, 1.54) is 50.5 Å². The fourth-order valence-corrected chi connectivity index (χ4v) is 1.75. The zero-order valence-corrected chi connectivity index (χ0v) is 12.1. The normalized spacial score (nSPS) is 9.67. The molecule has 0 atom stereocenters. The average Bonchev–Trinajstić information content (AvgIpc) is 2.25. The molecule has 1 rings (SSSR count). The maximum absolute atomic E-state index is 2.27. The van der Waals surface area contributed by atoms with Crippen molar-refractivity contribution < 1.29 is 0 Å².